The van der Waals surface area contributed by atoms with Crippen molar-refractivity contribution in [2.45, 2.75) is 37.6 Å². The maximum Gasteiger partial charge on any atom is 0.257 e. The van der Waals surface area contributed by atoms with Gasteiger partial charge in [-0.3, -0.25) is 9.59 Å². The zero-order valence-electron chi connectivity index (χ0n) is 17.6. The Balaban J connectivity index is 1.48. The molecule has 0 saturated heterocycles. The molecule has 2 aliphatic carbocycles. The van der Waals surface area contributed by atoms with Crippen molar-refractivity contribution in [3.05, 3.63) is 94.4 Å². The molecule has 6 rings (SSSR count). The molecule has 2 aliphatic rings. The van der Waals surface area contributed by atoms with Gasteiger partial charge >= 0.3 is 0 Å². The number of rotatable bonds is 5. The predicted molar refractivity (Wildman–Crippen MR) is 125 cm³/mol. The lowest BCUT2D eigenvalue weighted by atomic mass is 10.0. The van der Waals surface area contributed by atoms with Crippen LogP contribution < -0.4 is 10.7 Å². The van der Waals surface area contributed by atoms with Crippen LogP contribution in [0.25, 0.3) is 27.8 Å². The van der Waals surface area contributed by atoms with E-state index in [9.17, 15) is 9.59 Å². The average Bonchev–Trinajstić information content (AvgIpc) is 3.75. The van der Waals surface area contributed by atoms with Gasteiger partial charge in [-0.1, -0.05) is 36.4 Å². The molecule has 5 nitrogen and oxygen atoms in total. The summed E-state index contributed by atoms with van der Waals surface area (Å²) in [7, 11) is 0. The van der Waals surface area contributed by atoms with Gasteiger partial charge in [0.1, 0.15) is 11.2 Å². The van der Waals surface area contributed by atoms with E-state index in [1.165, 1.54) is 24.0 Å². The molecule has 0 aliphatic heterocycles. The van der Waals surface area contributed by atoms with E-state index in [0.29, 0.717) is 17.0 Å². The Morgan fingerprint density at radius 1 is 0.938 bits per heavy atom. The summed E-state index contributed by atoms with van der Waals surface area (Å²) in [6.45, 7) is 0. The Morgan fingerprint density at radius 3 is 2.50 bits per heavy atom. The largest absolute Gasteiger partial charge is 0.349 e. The van der Waals surface area contributed by atoms with Crippen LogP contribution in [0.3, 0.4) is 0 Å². The minimum absolute atomic E-state index is 0.151. The van der Waals surface area contributed by atoms with Gasteiger partial charge in [-0.25, -0.2) is 4.98 Å². The molecule has 2 fully saturated rings. The molecule has 0 atom stereocenters. The van der Waals surface area contributed by atoms with Crippen LogP contribution >= 0.6 is 0 Å². The number of hydrogen-bond acceptors (Lipinski definition) is 3. The van der Waals surface area contributed by atoms with Gasteiger partial charge < -0.3 is 9.88 Å². The maximum absolute atomic E-state index is 13.0. The molecule has 4 aromatic rings. The molecule has 1 amide bonds. The van der Waals surface area contributed by atoms with Crippen LogP contribution in [0.4, 0.5) is 0 Å². The van der Waals surface area contributed by atoms with Gasteiger partial charge in [-0.2, -0.15) is 0 Å². The Labute approximate surface area is 185 Å². The quantitative estimate of drug-likeness (QED) is 0.502. The fourth-order valence-electron chi connectivity index (χ4n) is 4.23. The summed E-state index contributed by atoms with van der Waals surface area (Å²) in [4.78, 5) is 30.3. The van der Waals surface area contributed by atoms with Crippen molar-refractivity contribution in [3.8, 4) is 16.8 Å². The molecule has 5 heteroatoms. The van der Waals surface area contributed by atoms with Crippen molar-refractivity contribution < 1.29 is 4.79 Å². The number of amides is 1. The smallest absolute Gasteiger partial charge is 0.257 e. The topological polar surface area (TPSA) is 64.0 Å². The molecule has 2 saturated carbocycles. The molecule has 0 radical (unpaired) electrons. The summed E-state index contributed by atoms with van der Waals surface area (Å²) in [5.41, 5.74) is 4.93. The lowest BCUT2D eigenvalue weighted by Crippen LogP contribution is -2.31. The van der Waals surface area contributed by atoms with Gasteiger partial charge in [0.05, 0.1) is 5.39 Å². The highest BCUT2D eigenvalue weighted by Gasteiger charge is 2.26. The monoisotopic (exact) mass is 421 g/mol. The van der Waals surface area contributed by atoms with Crippen LogP contribution in [-0.2, 0) is 0 Å². The summed E-state index contributed by atoms with van der Waals surface area (Å²) in [5, 5.41) is 3.38. The number of fused-ring (bicyclic) bond motifs is 1. The first kappa shape index (κ1) is 19.0. The molecule has 32 heavy (non-hydrogen) atoms. The van der Waals surface area contributed by atoms with Crippen molar-refractivity contribution in [1.29, 1.82) is 0 Å². The van der Waals surface area contributed by atoms with E-state index >= 15 is 0 Å². The van der Waals surface area contributed by atoms with Gasteiger partial charge in [0.15, 0.2) is 0 Å². The van der Waals surface area contributed by atoms with Crippen LogP contribution in [0.1, 0.15) is 47.5 Å². The molecule has 1 N–H and O–H groups in total. The van der Waals surface area contributed by atoms with Crippen molar-refractivity contribution >= 4 is 16.9 Å². The van der Waals surface area contributed by atoms with E-state index in [-0.39, 0.29) is 22.9 Å². The van der Waals surface area contributed by atoms with Gasteiger partial charge in [-0.15, -0.1) is 0 Å². The van der Waals surface area contributed by atoms with Gasteiger partial charge in [0.25, 0.3) is 5.91 Å². The first-order chi connectivity index (χ1) is 15.7. The second-order valence-corrected chi connectivity index (χ2v) is 8.81. The third-order valence-electron chi connectivity index (χ3n) is 6.31. The Morgan fingerprint density at radius 2 is 1.72 bits per heavy atom. The van der Waals surface area contributed by atoms with E-state index < -0.39 is 0 Å². The van der Waals surface area contributed by atoms with E-state index in [0.717, 1.165) is 24.1 Å². The highest BCUT2D eigenvalue weighted by molar-refractivity contribution is 5.97. The average molecular weight is 422 g/mol. The summed E-state index contributed by atoms with van der Waals surface area (Å²) in [6, 6.07) is 20.5. The number of pyridine rings is 2. The molecule has 2 heterocycles. The fourth-order valence-corrected chi connectivity index (χ4v) is 4.23. The second kappa shape index (κ2) is 7.45. The van der Waals surface area contributed by atoms with Crippen LogP contribution in [0, 0.1) is 0 Å². The molecule has 158 valence electrons. The first-order valence-corrected chi connectivity index (χ1v) is 11.2. The van der Waals surface area contributed by atoms with Crippen molar-refractivity contribution in [2.24, 2.45) is 0 Å². The van der Waals surface area contributed by atoms with Crippen molar-refractivity contribution in [2.75, 3.05) is 0 Å². The summed E-state index contributed by atoms with van der Waals surface area (Å²) < 4.78 is 1.85. The summed E-state index contributed by atoms with van der Waals surface area (Å²) in [6.07, 6.45) is 7.78. The molecule has 2 aromatic carbocycles. The van der Waals surface area contributed by atoms with Crippen molar-refractivity contribution in [1.82, 2.24) is 14.9 Å². The zero-order chi connectivity index (χ0) is 21.7. The Kier molecular flexibility index (Phi) is 4.42. The van der Waals surface area contributed by atoms with Crippen molar-refractivity contribution in [3.63, 3.8) is 0 Å². The predicted octanol–water partition coefficient (Wildman–Crippen LogP) is 4.82. The third kappa shape index (κ3) is 3.50. The van der Waals surface area contributed by atoms with Gasteiger partial charge in [-0.05, 0) is 72.6 Å². The fraction of sp³-hybridized carbons (Fsp3) is 0.222. The zero-order valence-corrected chi connectivity index (χ0v) is 17.6. The molecular weight excluding hydrogens is 398 g/mol. The highest BCUT2D eigenvalue weighted by atomic mass is 16.2. The molecule has 0 spiro atoms. The summed E-state index contributed by atoms with van der Waals surface area (Å²) in [5.74, 6) is 0.378. The maximum atomic E-state index is 13.0. The van der Waals surface area contributed by atoms with E-state index in [4.69, 9.17) is 0 Å². The van der Waals surface area contributed by atoms with Crippen LogP contribution in [-0.4, -0.2) is 21.5 Å². The van der Waals surface area contributed by atoms with E-state index in [2.05, 4.69) is 46.7 Å². The molecule has 2 aromatic heterocycles. The molecular formula is C27H23N3O2. The number of benzene rings is 2. The minimum atomic E-state index is -0.315. The van der Waals surface area contributed by atoms with Crippen LogP contribution in [0.15, 0.2) is 77.9 Å². The SMILES string of the molecule is O=C(NC1CC1)c1cn(-c2cccc(-c3cccc(C4CC4)c3)c2)c2ncccc2c1=O. The number of carbonyl (C=O) groups is 1. The summed E-state index contributed by atoms with van der Waals surface area (Å²) >= 11 is 0. The Hall–Kier alpha value is -3.73. The first-order valence-electron chi connectivity index (χ1n) is 11.2. The molecule has 0 bridgehead atoms. The Bertz CT molecular complexity index is 1410. The van der Waals surface area contributed by atoms with Gasteiger partial charge in [0.2, 0.25) is 5.43 Å². The lowest BCUT2D eigenvalue weighted by molar-refractivity contribution is 0.0949. The normalized spacial score (nSPS) is 15.6. The number of nitrogens with one attached hydrogen (secondary N) is 1. The number of aromatic nitrogens is 2. The second-order valence-electron chi connectivity index (χ2n) is 8.81. The lowest BCUT2D eigenvalue weighted by Gasteiger charge is -2.14. The highest BCUT2D eigenvalue weighted by Crippen LogP contribution is 2.41. The van der Waals surface area contributed by atoms with E-state index in [1.807, 2.05) is 16.7 Å². The number of nitrogens with zero attached hydrogens (tertiary/aromatic N) is 2. The minimum Gasteiger partial charge on any atom is -0.349 e. The number of hydrogen-bond donors (Lipinski definition) is 1. The standard InChI is InChI=1S/C27H23N3O2/c31-25-23-8-3-13-28-26(23)30(16-24(25)27(32)29-21-11-12-21)22-7-2-6-20(15-22)19-5-1-4-18(14-19)17-9-10-17/h1-8,13-17,21H,9-12H2,(H,29,32). The van der Waals surface area contributed by atoms with Gasteiger partial charge in [0, 0.05) is 24.1 Å². The van der Waals surface area contributed by atoms with E-state index in [1.54, 1.807) is 24.5 Å². The van der Waals surface area contributed by atoms with Crippen LogP contribution in [0.2, 0.25) is 0 Å². The third-order valence-corrected chi connectivity index (χ3v) is 6.31. The number of carbonyl (C=O) groups excluding carboxylic acids is 1. The molecule has 0 unspecified atom stereocenters. The van der Waals surface area contributed by atoms with Crippen LogP contribution in [0.5, 0.6) is 0 Å².